The zero-order chi connectivity index (χ0) is 20.8. The number of carboxylic acid groups (broad SMARTS) is 1. The number of carbonyl (C=O) groups is 1. The maximum atomic E-state index is 14.0. The lowest BCUT2D eigenvalue weighted by Crippen LogP contribution is -2.07. The van der Waals surface area contributed by atoms with Crippen LogP contribution in [0.15, 0.2) is 42.6 Å². The van der Waals surface area contributed by atoms with Gasteiger partial charge in [-0.2, -0.15) is 0 Å². The minimum absolute atomic E-state index is 0.0779. The van der Waals surface area contributed by atoms with Crippen molar-refractivity contribution >= 4 is 45.2 Å². The smallest absolute Gasteiger partial charge is 0.335 e. The minimum atomic E-state index is -1.04. The van der Waals surface area contributed by atoms with Crippen LogP contribution in [0.3, 0.4) is 0 Å². The molecule has 9 heteroatoms. The molecule has 0 aliphatic heterocycles. The Labute approximate surface area is 168 Å². The fourth-order valence-corrected chi connectivity index (χ4v) is 3.21. The maximum absolute atomic E-state index is 14.0. The summed E-state index contributed by atoms with van der Waals surface area (Å²) >= 11 is 0. The molecule has 3 N–H and O–H groups in total. The van der Waals surface area contributed by atoms with E-state index in [1.165, 1.54) is 12.1 Å². The Bertz CT molecular complexity index is 1320. The Hall–Kier alpha value is -3.88. The third kappa shape index (κ3) is 3.34. The van der Waals surface area contributed by atoms with Gasteiger partial charge in [0, 0.05) is 29.1 Å². The molecule has 5 rings (SSSR count). The summed E-state index contributed by atoms with van der Waals surface area (Å²) in [5.74, 6) is -1.67. The molecule has 2 aromatic carbocycles. The number of nitrogens with zero attached hydrogens (tertiary/aromatic N) is 3. The van der Waals surface area contributed by atoms with Crippen LogP contribution in [0.5, 0.6) is 0 Å². The van der Waals surface area contributed by atoms with Gasteiger partial charge < -0.3 is 15.7 Å². The summed E-state index contributed by atoms with van der Waals surface area (Å²) in [6.45, 7) is 0. The summed E-state index contributed by atoms with van der Waals surface area (Å²) in [5, 5.41) is 16.6. The fraction of sp³-hybridized carbons (Fsp3) is 0.143. The second-order valence-electron chi connectivity index (χ2n) is 7.12. The Morgan fingerprint density at radius 2 is 1.90 bits per heavy atom. The van der Waals surface area contributed by atoms with Crippen LogP contribution in [0, 0.1) is 11.6 Å². The highest BCUT2D eigenvalue weighted by Crippen LogP contribution is 2.33. The molecule has 4 aromatic rings. The van der Waals surface area contributed by atoms with Crippen molar-refractivity contribution in [2.75, 3.05) is 10.6 Å². The Morgan fingerprint density at radius 1 is 1.07 bits per heavy atom. The number of aromatic carboxylic acids is 1. The first-order chi connectivity index (χ1) is 14.5. The fourth-order valence-electron chi connectivity index (χ4n) is 3.21. The number of benzene rings is 2. The van der Waals surface area contributed by atoms with Gasteiger partial charge in [0.25, 0.3) is 0 Å². The summed E-state index contributed by atoms with van der Waals surface area (Å²) in [7, 11) is 0. The van der Waals surface area contributed by atoms with Gasteiger partial charge >= 0.3 is 5.97 Å². The first-order valence-electron chi connectivity index (χ1n) is 9.30. The third-order valence-corrected chi connectivity index (χ3v) is 4.87. The predicted molar refractivity (Wildman–Crippen MR) is 108 cm³/mol. The van der Waals surface area contributed by atoms with Gasteiger partial charge in [-0.15, -0.1) is 0 Å². The van der Waals surface area contributed by atoms with E-state index in [1.54, 1.807) is 12.3 Å². The summed E-state index contributed by atoms with van der Waals surface area (Å²) < 4.78 is 27.5. The van der Waals surface area contributed by atoms with E-state index in [0.29, 0.717) is 27.6 Å². The van der Waals surface area contributed by atoms with Crippen molar-refractivity contribution in [3.05, 3.63) is 59.8 Å². The maximum Gasteiger partial charge on any atom is 0.335 e. The predicted octanol–water partition coefficient (Wildman–Crippen LogP) is 4.47. The van der Waals surface area contributed by atoms with Crippen molar-refractivity contribution in [2.24, 2.45) is 0 Å². The van der Waals surface area contributed by atoms with Crippen LogP contribution in [0.4, 0.5) is 26.2 Å². The monoisotopic (exact) mass is 407 g/mol. The molecule has 0 unspecified atom stereocenters. The van der Waals surface area contributed by atoms with Crippen LogP contribution in [-0.4, -0.2) is 32.1 Å². The van der Waals surface area contributed by atoms with E-state index in [-0.39, 0.29) is 23.2 Å². The van der Waals surface area contributed by atoms with Crippen molar-refractivity contribution in [1.29, 1.82) is 0 Å². The number of halogens is 2. The van der Waals surface area contributed by atoms with Gasteiger partial charge in [-0.1, -0.05) is 6.07 Å². The lowest BCUT2D eigenvalue weighted by Gasteiger charge is -2.12. The molecule has 2 aromatic heterocycles. The summed E-state index contributed by atoms with van der Waals surface area (Å²) in [6, 6.07) is 8.01. The second kappa shape index (κ2) is 6.87. The standard InChI is InChI=1S/C21H15F2N5O2/c22-11-2-6-15(23)17(8-11)27-21-24-9-14-13-5-1-10(20(29)30)7-16(13)26-19(18(14)28-21)25-12-3-4-12/h1-2,5-9,12H,3-4H2,(H,25,26)(H,29,30)(H,24,27,28). The third-order valence-electron chi connectivity index (χ3n) is 4.87. The zero-order valence-electron chi connectivity index (χ0n) is 15.5. The van der Waals surface area contributed by atoms with Gasteiger partial charge in [-0.3, -0.25) is 0 Å². The molecule has 0 saturated heterocycles. The Kier molecular flexibility index (Phi) is 4.16. The van der Waals surface area contributed by atoms with Crippen molar-refractivity contribution in [3.8, 4) is 0 Å². The van der Waals surface area contributed by atoms with Crippen molar-refractivity contribution < 1.29 is 18.7 Å². The van der Waals surface area contributed by atoms with Crippen LogP contribution >= 0.6 is 0 Å². The van der Waals surface area contributed by atoms with Crippen LogP contribution in [0.1, 0.15) is 23.2 Å². The first kappa shape index (κ1) is 18.2. The SMILES string of the molecule is O=C(O)c1ccc2c(c1)nc(NC1CC1)c1nc(Nc3cc(F)ccc3F)ncc12. The number of anilines is 3. The van der Waals surface area contributed by atoms with E-state index in [4.69, 9.17) is 0 Å². The summed E-state index contributed by atoms with van der Waals surface area (Å²) in [4.78, 5) is 24.6. The van der Waals surface area contributed by atoms with Crippen molar-refractivity contribution in [1.82, 2.24) is 15.0 Å². The molecule has 0 radical (unpaired) electrons. The number of hydrogen-bond donors (Lipinski definition) is 3. The zero-order valence-corrected chi connectivity index (χ0v) is 15.5. The average molecular weight is 407 g/mol. The number of nitrogens with one attached hydrogen (secondary N) is 2. The first-order valence-corrected chi connectivity index (χ1v) is 9.30. The van der Waals surface area contributed by atoms with E-state index < -0.39 is 17.6 Å². The van der Waals surface area contributed by atoms with Crippen LogP contribution in [0.2, 0.25) is 0 Å². The highest BCUT2D eigenvalue weighted by molar-refractivity contribution is 6.09. The summed E-state index contributed by atoms with van der Waals surface area (Å²) in [5.41, 5.74) is 1.07. The molecular formula is C21H15F2N5O2. The van der Waals surface area contributed by atoms with Gasteiger partial charge in [-0.05, 0) is 37.1 Å². The molecule has 1 saturated carbocycles. The molecule has 0 bridgehead atoms. The molecule has 1 aliphatic rings. The number of hydrogen-bond acceptors (Lipinski definition) is 6. The van der Waals surface area contributed by atoms with E-state index in [2.05, 4.69) is 25.6 Å². The summed E-state index contributed by atoms with van der Waals surface area (Å²) in [6.07, 6.45) is 3.56. The highest BCUT2D eigenvalue weighted by atomic mass is 19.1. The second-order valence-corrected chi connectivity index (χ2v) is 7.12. The minimum Gasteiger partial charge on any atom is -0.478 e. The number of pyridine rings is 1. The Morgan fingerprint density at radius 3 is 2.67 bits per heavy atom. The molecule has 2 heterocycles. The largest absolute Gasteiger partial charge is 0.478 e. The number of carboxylic acids is 1. The Balaban J connectivity index is 1.65. The van der Waals surface area contributed by atoms with Crippen LogP contribution < -0.4 is 10.6 Å². The molecule has 150 valence electrons. The molecule has 1 aliphatic carbocycles. The van der Waals surface area contributed by atoms with Gasteiger partial charge in [0.2, 0.25) is 5.95 Å². The van der Waals surface area contributed by atoms with Crippen LogP contribution in [-0.2, 0) is 0 Å². The molecule has 0 spiro atoms. The van der Waals surface area contributed by atoms with E-state index >= 15 is 0 Å². The number of aromatic nitrogens is 3. The van der Waals surface area contributed by atoms with Crippen molar-refractivity contribution in [3.63, 3.8) is 0 Å². The quantitative estimate of drug-likeness (QED) is 0.420. The molecule has 7 nitrogen and oxygen atoms in total. The highest BCUT2D eigenvalue weighted by Gasteiger charge is 2.24. The van der Waals surface area contributed by atoms with E-state index in [9.17, 15) is 18.7 Å². The molecule has 0 amide bonds. The lowest BCUT2D eigenvalue weighted by atomic mass is 10.1. The van der Waals surface area contributed by atoms with Crippen molar-refractivity contribution in [2.45, 2.75) is 18.9 Å². The van der Waals surface area contributed by atoms with Gasteiger partial charge in [-0.25, -0.2) is 28.5 Å². The normalized spacial score (nSPS) is 13.5. The van der Waals surface area contributed by atoms with Gasteiger partial charge in [0.05, 0.1) is 16.8 Å². The molecule has 30 heavy (non-hydrogen) atoms. The average Bonchev–Trinajstić information content (AvgIpc) is 3.54. The van der Waals surface area contributed by atoms with Crippen LogP contribution in [0.25, 0.3) is 21.8 Å². The molecule has 1 fully saturated rings. The topological polar surface area (TPSA) is 100 Å². The van der Waals surface area contributed by atoms with E-state index in [1.807, 2.05) is 0 Å². The van der Waals surface area contributed by atoms with E-state index in [0.717, 1.165) is 31.0 Å². The van der Waals surface area contributed by atoms with Gasteiger partial charge in [0.1, 0.15) is 17.2 Å². The lowest BCUT2D eigenvalue weighted by molar-refractivity contribution is 0.0697. The number of rotatable bonds is 5. The molecular weight excluding hydrogens is 392 g/mol. The molecule has 0 atom stereocenters. The number of fused-ring (bicyclic) bond motifs is 3. The van der Waals surface area contributed by atoms with Gasteiger partial charge in [0.15, 0.2) is 5.82 Å².